The number of nitrogens with one attached hydrogen (secondary N) is 1. The fourth-order valence-corrected chi connectivity index (χ4v) is 2.11. The first kappa shape index (κ1) is 19.0. The van der Waals surface area contributed by atoms with Crippen LogP contribution in [0.5, 0.6) is 5.75 Å². The maximum absolute atomic E-state index is 11.9. The van der Waals surface area contributed by atoms with E-state index in [1.54, 1.807) is 18.2 Å². The molecule has 1 rings (SSSR count). The van der Waals surface area contributed by atoms with Crippen LogP contribution >= 0.6 is 11.6 Å². The van der Waals surface area contributed by atoms with Crippen LogP contribution in [0.2, 0.25) is 5.02 Å². The monoisotopic (exact) mass is 341 g/mol. The lowest BCUT2D eigenvalue weighted by atomic mass is 10.1. The Bertz CT molecular complexity index is 561. The van der Waals surface area contributed by atoms with Gasteiger partial charge in [0.25, 0.3) is 0 Å². The third-order valence-electron chi connectivity index (χ3n) is 3.01. The van der Waals surface area contributed by atoms with Gasteiger partial charge in [-0.3, -0.25) is 4.79 Å². The van der Waals surface area contributed by atoms with Crippen LogP contribution in [0, 0.1) is 0 Å². The van der Waals surface area contributed by atoms with Gasteiger partial charge < -0.3 is 19.9 Å². The predicted molar refractivity (Wildman–Crippen MR) is 86.9 cm³/mol. The molecular weight excluding hydrogens is 322 g/mol. The zero-order chi connectivity index (χ0) is 17.2. The van der Waals surface area contributed by atoms with E-state index >= 15 is 0 Å². The highest BCUT2D eigenvalue weighted by Gasteiger charge is 2.19. The summed E-state index contributed by atoms with van der Waals surface area (Å²) < 4.78 is 10.1. The number of carbonyl (C=O) groups excluding carboxylic acids is 1. The third-order valence-corrected chi connectivity index (χ3v) is 3.31. The van der Waals surface area contributed by atoms with E-state index in [9.17, 15) is 9.59 Å². The lowest BCUT2D eigenvalue weighted by molar-refractivity contribution is -0.143. The van der Waals surface area contributed by atoms with Crippen molar-refractivity contribution in [2.45, 2.75) is 18.9 Å². The maximum atomic E-state index is 11.9. The number of hydrogen-bond acceptors (Lipinski definition) is 4. The molecule has 6 nitrogen and oxygen atoms in total. The van der Waals surface area contributed by atoms with Gasteiger partial charge in [0.05, 0.1) is 25.3 Å². The van der Waals surface area contributed by atoms with E-state index in [-0.39, 0.29) is 25.5 Å². The van der Waals surface area contributed by atoms with Gasteiger partial charge in [0.15, 0.2) is 6.04 Å². The molecule has 0 bridgehead atoms. The Hall–Kier alpha value is -2.05. The second kappa shape index (κ2) is 9.86. The third kappa shape index (κ3) is 6.71. The first-order valence-corrected chi connectivity index (χ1v) is 7.39. The lowest BCUT2D eigenvalue weighted by Crippen LogP contribution is -2.44. The molecule has 2 N–H and O–H groups in total. The highest BCUT2D eigenvalue weighted by Crippen LogP contribution is 2.25. The minimum absolute atomic E-state index is 0.110. The SMILES string of the molecule is C=CCOCC(NC(=O)CCc1ccc(OC)c(Cl)c1)C(=O)O. The largest absolute Gasteiger partial charge is 0.495 e. The molecule has 0 aromatic heterocycles. The van der Waals surface area contributed by atoms with E-state index < -0.39 is 12.0 Å². The van der Waals surface area contributed by atoms with Crippen LogP contribution in [0.1, 0.15) is 12.0 Å². The molecule has 1 amide bonds. The first-order valence-electron chi connectivity index (χ1n) is 7.01. The topological polar surface area (TPSA) is 84.9 Å². The van der Waals surface area contributed by atoms with E-state index in [2.05, 4.69) is 11.9 Å². The number of aryl methyl sites for hydroxylation is 1. The molecule has 1 aromatic rings. The summed E-state index contributed by atoms with van der Waals surface area (Å²) in [6.45, 7) is 3.58. The molecule has 1 unspecified atom stereocenters. The summed E-state index contributed by atoms with van der Waals surface area (Å²) in [7, 11) is 1.52. The zero-order valence-electron chi connectivity index (χ0n) is 12.9. The van der Waals surface area contributed by atoms with Crippen molar-refractivity contribution in [2.75, 3.05) is 20.3 Å². The zero-order valence-corrected chi connectivity index (χ0v) is 13.6. The molecule has 0 saturated heterocycles. The molecule has 0 heterocycles. The Labute approximate surface area is 140 Å². The number of hydrogen-bond donors (Lipinski definition) is 2. The second-order valence-corrected chi connectivity index (χ2v) is 5.16. The number of methoxy groups -OCH3 is 1. The number of carboxylic acids is 1. The number of halogens is 1. The van der Waals surface area contributed by atoms with Crippen molar-refractivity contribution in [3.05, 3.63) is 41.4 Å². The number of carbonyl (C=O) groups is 2. The van der Waals surface area contributed by atoms with Crippen molar-refractivity contribution >= 4 is 23.5 Å². The van der Waals surface area contributed by atoms with Crippen LogP contribution in [-0.4, -0.2) is 43.3 Å². The van der Waals surface area contributed by atoms with Crippen LogP contribution in [-0.2, 0) is 20.7 Å². The van der Waals surface area contributed by atoms with Crippen molar-refractivity contribution in [1.82, 2.24) is 5.32 Å². The summed E-state index contributed by atoms with van der Waals surface area (Å²) in [5, 5.41) is 11.9. The predicted octanol–water partition coefficient (Wildman–Crippen LogP) is 2.05. The lowest BCUT2D eigenvalue weighted by Gasteiger charge is -2.14. The molecule has 1 aromatic carbocycles. The number of rotatable bonds is 10. The quantitative estimate of drug-likeness (QED) is 0.502. The fraction of sp³-hybridized carbons (Fsp3) is 0.375. The average molecular weight is 342 g/mol. The van der Waals surface area contributed by atoms with Crippen LogP contribution in [0.3, 0.4) is 0 Å². The Morgan fingerprint density at radius 2 is 2.22 bits per heavy atom. The van der Waals surface area contributed by atoms with Crippen LogP contribution in [0.25, 0.3) is 0 Å². The number of carboxylic acid groups (broad SMARTS) is 1. The minimum Gasteiger partial charge on any atom is -0.495 e. The summed E-state index contributed by atoms with van der Waals surface area (Å²) in [6, 6.07) is 4.16. The van der Waals surface area contributed by atoms with Crippen molar-refractivity contribution < 1.29 is 24.2 Å². The Morgan fingerprint density at radius 3 is 2.78 bits per heavy atom. The Morgan fingerprint density at radius 1 is 1.48 bits per heavy atom. The summed E-state index contributed by atoms with van der Waals surface area (Å²) in [4.78, 5) is 22.9. The van der Waals surface area contributed by atoms with Gasteiger partial charge in [-0.2, -0.15) is 0 Å². The van der Waals surface area contributed by atoms with Crippen LogP contribution in [0.4, 0.5) is 0 Å². The number of amides is 1. The van der Waals surface area contributed by atoms with Crippen LogP contribution < -0.4 is 10.1 Å². The average Bonchev–Trinajstić information content (AvgIpc) is 2.52. The molecule has 1 atom stereocenters. The van der Waals surface area contributed by atoms with E-state index in [1.807, 2.05) is 0 Å². The van der Waals surface area contributed by atoms with Crippen molar-refractivity contribution in [2.24, 2.45) is 0 Å². The maximum Gasteiger partial charge on any atom is 0.328 e. The molecular formula is C16H20ClNO5. The molecule has 0 saturated carbocycles. The van der Waals surface area contributed by atoms with Gasteiger partial charge in [0, 0.05) is 6.42 Å². The summed E-state index contributed by atoms with van der Waals surface area (Å²) in [5.41, 5.74) is 0.862. The summed E-state index contributed by atoms with van der Waals surface area (Å²) in [6.07, 6.45) is 2.09. The highest BCUT2D eigenvalue weighted by molar-refractivity contribution is 6.32. The Kier molecular flexibility index (Phi) is 8.15. The van der Waals surface area contributed by atoms with Gasteiger partial charge in [0.1, 0.15) is 5.75 Å². The normalized spacial score (nSPS) is 11.6. The van der Waals surface area contributed by atoms with Crippen molar-refractivity contribution in [1.29, 1.82) is 0 Å². The van der Waals surface area contributed by atoms with E-state index in [4.69, 9.17) is 26.2 Å². The van der Waals surface area contributed by atoms with Gasteiger partial charge in [-0.1, -0.05) is 23.7 Å². The van der Waals surface area contributed by atoms with Gasteiger partial charge in [0.2, 0.25) is 5.91 Å². The first-order chi connectivity index (χ1) is 11.0. The molecule has 0 aliphatic carbocycles. The summed E-state index contributed by atoms with van der Waals surface area (Å²) >= 11 is 6.01. The fourth-order valence-electron chi connectivity index (χ4n) is 1.83. The standard InChI is InChI=1S/C16H20ClNO5/c1-3-8-23-10-13(16(20)21)18-15(19)7-5-11-4-6-14(22-2)12(17)9-11/h3-4,6,9,13H,1,5,7-8,10H2,2H3,(H,18,19)(H,20,21). The van der Waals surface area contributed by atoms with E-state index in [0.29, 0.717) is 17.2 Å². The summed E-state index contributed by atoms with van der Waals surface area (Å²) in [5.74, 6) is -0.952. The molecule has 0 aliphatic heterocycles. The molecule has 0 spiro atoms. The molecule has 126 valence electrons. The van der Waals surface area contributed by atoms with Gasteiger partial charge in [-0.25, -0.2) is 4.79 Å². The number of benzene rings is 1. The second-order valence-electron chi connectivity index (χ2n) is 4.75. The van der Waals surface area contributed by atoms with E-state index in [0.717, 1.165) is 5.56 Å². The molecule has 0 radical (unpaired) electrons. The van der Waals surface area contributed by atoms with Gasteiger partial charge >= 0.3 is 5.97 Å². The molecule has 0 fully saturated rings. The minimum atomic E-state index is -1.14. The molecule has 7 heteroatoms. The van der Waals surface area contributed by atoms with Crippen molar-refractivity contribution in [3.63, 3.8) is 0 Å². The number of ether oxygens (including phenoxy) is 2. The van der Waals surface area contributed by atoms with Gasteiger partial charge in [-0.05, 0) is 24.1 Å². The molecule has 23 heavy (non-hydrogen) atoms. The smallest absolute Gasteiger partial charge is 0.328 e. The molecule has 0 aliphatic rings. The van der Waals surface area contributed by atoms with Crippen molar-refractivity contribution in [3.8, 4) is 5.75 Å². The van der Waals surface area contributed by atoms with Crippen LogP contribution in [0.15, 0.2) is 30.9 Å². The number of aliphatic carboxylic acids is 1. The van der Waals surface area contributed by atoms with E-state index in [1.165, 1.54) is 13.2 Å². The highest BCUT2D eigenvalue weighted by atomic mass is 35.5. The Balaban J connectivity index is 2.49. The van der Waals surface area contributed by atoms with Gasteiger partial charge in [-0.15, -0.1) is 6.58 Å².